The van der Waals surface area contributed by atoms with E-state index < -0.39 is 0 Å². The molecule has 0 aliphatic carbocycles. The molecule has 1 rings (SSSR count). The number of alkyl halides is 1. The van der Waals surface area contributed by atoms with Gasteiger partial charge in [-0.25, -0.2) is 0 Å². The van der Waals surface area contributed by atoms with Crippen molar-refractivity contribution in [2.45, 2.75) is 52.6 Å². The minimum atomic E-state index is 0.482. The van der Waals surface area contributed by atoms with Crippen molar-refractivity contribution in [3.05, 3.63) is 18.0 Å². The van der Waals surface area contributed by atoms with Crippen molar-refractivity contribution >= 4 is 11.6 Å². The Balaban J connectivity index is 2.54. The average molecular weight is 272 g/mol. The van der Waals surface area contributed by atoms with Gasteiger partial charge in [-0.2, -0.15) is 5.10 Å². The second-order valence-corrected chi connectivity index (χ2v) is 5.24. The van der Waals surface area contributed by atoms with E-state index in [1.807, 2.05) is 0 Å². The third-order valence-corrected chi connectivity index (χ3v) is 3.49. The van der Waals surface area contributed by atoms with Crippen LogP contribution in [0, 0.1) is 0 Å². The van der Waals surface area contributed by atoms with Gasteiger partial charge in [0.2, 0.25) is 0 Å². The van der Waals surface area contributed by atoms with Crippen molar-refractivity contribution < 1.29 is 0 Å². The monoisotopic (exact) mass is 271 g/mol. The van der Waals surface area contributed by atoms with Crippen LogP contribution in [0.25, 0.3) is 0 Å². The summed E-state index contributed by atoms with van der Waals surface area (Å²) in [5.41, 5.74) is 1.15. The molecule has 0 amide bonds. The zero-order valence-corrected chi connectivity index (χ0v) is 12.7. The molecule has 0 radical (unpaired) electrons. The summed E-state index contributed by atoms with van der Waals surface area (Å²) >= 11 is 5.85. The Hall–Kier alpha value is -0.540. The van der Waals surface area contributed by atoms with Gasteiger partial charge in [-0.3, -0.25) is 9.58 Å². The first kappa shape index (κ1) is 15.5. The van der Waals surface area contributed by atoms with Gasteiger partial charge in [0.1, 0.15) is 0 Å². The normalized spacial score (nSPS) is 13.2. The maximum atomic E-state index is 5.85. The fourth-order valence-electron chi connectivity index (χ4n) is 1.89. The van der Waals surface area contributed by atoms with Gasteiger partial charge in [-0.1, -0.05) is 20.3 Å². The Bertz CT molecular complexity index is 325. The average Bonchev–Trinajstić information content (AvgIpc) is 2.83. The summed E-state index contributed by atoms with van der Waals surface area (Å²) in [6.45, 7) is 9.57. The second-order valence-electron chi connectivity index (χ2n) is 4.86. The molecule has 0 aliphatic heterocycles. The molecule has 1 aromatic heterocycles. The SMILES string of the molecule is CCCCN(CCCl)Cc1ccn(C(C)CC)n1. The van der Waals surface area contributed by atoms with Crippen LogP contribution in [0.4, 0.5) is 0 Å². The van der Waals surface area contributed by atoms with Gasteiger partial charge < -0.3 is 0 Å². The predicted octanol–water partition coefficient (Wildman–Crippen LogP) is 3.70. The summed E-state index contributed by atoms with van der Waals surface area (Å²) in [4.78, 5) is 2.39. The van der Waals surface area contributed by atoms with E-state index in [4.69, 9.17) is 11.6 Å². The zero-order valence-electron chi connectivity index (χ0n) is 11.9. The predicted molar refractivity (Wildman–Crippen MR) is 78.1 cm³/mol. The smallest absolute Gasteiger partial charge is 0.0764 e. The molecule has 1 heterocycles. The molecule has 3 nitrogen and oxygen atoms in total. The number of hydrogen-bond donors (Lipinski definition) is 0. The molecule has 1 atom stereocenters. The van der Waals surface area contributed by atoms with E-state index >= 15 is 0 Å². The molecule has 1 aromatic rings. The highest BCUT2D eigenvalue weighted by molar-refractivity contribution is 6.18. The number of rotatable bonds is 9. The molecule has 0 saturated heterocycles. The quantitative estimate of drug-likeness (QED) is 0.639. The van der Waals surface area contributed by atoms with Crippen molar-refractivity contribution in [3.8, 4) is 0 Å². The molecule has 0 aliphatic rings. The van der Waals surface area contributed by atoms with Gasteiger partial charge in [-0.05, 0) is 32.4 Å². The number of unbranched alkanes of at least 4 members (excludes halogenated alkanes) is 1. The van der Waals surface area contributed by atoms with E-state index in [0.717, 1.165) is 31.7 Å². The molecule has 0 fully saturated rings. The molecule has 1 unspecified atom stereocenters. The van der Waals surface area contributed by atoms with Crippen LogP contribution in [0.3, 0.4) is 0 Å². The van der Waals surface area contributed by atoms with Crippen molar-refractivity contribution in [2.24, 2.45) is 0 Å². The van der Waals surface area contributed by atoms with Crippen molar-refractivity contribution in [1.82, 2.24) is 14.7 Å². The van der Waals surface area contributed by atoms with Crippen LogP contribution in [0.2, 0.25) is 0 Å². The van der Waals surface area contributed by atoms with Crippen LogP contribution < -0.4 is 0 Å². The summed E-state index contributed by atoms with van der Waals surface area (Å²) in [7, 11) is 0. The molecule has 0 N–H and O–H groups in total. The van der Waals surface area contributed by atoms with Gasteiger partial charge in [0.15, 0.2) is 0 Å². The zero-order chi connectivity index (χ0) is 13.4. The first-order valence-corrected chi connectivity index (χ1v) is 7.57. The minimum Gasteiger partial charge on any atom is -0.296 e. The number of hydrogen-bond acceptors (Lipinski definition) is 2. The van der Waals surface area contributed by atoms with E-state index in [-0.39, 0.29) is 0 Å². The van der Waals surface area contributed by atoms with Crippen LogP contribution in [-0.2, 0) is 6.54 Å². The second kappa shape index (κ2) is 8.54. The van der Waals surface area contributed by atoms with E-state index in [9.17, 15) is 0 Å². The Kier molecular flexibility index (Phi) is 7.36. The number of aromatic nitrogens is 2. The van der Waals surface area contributed by atoms with Crippen molar-refractivity contribution in [2.75, 3.05) is 19.0 Å². The summed E-state index contributed by atoms with van der Waals surface area (Å²) in [5, 5.41) is 4.64. The van der Waals surface area contributed by atoms with E-state index in [1.54, 1.807) is 0 Å². The van der Waals surface area contributed by atoms with Crippen LogP contribution >= 0.6 is 11.6 Å². The summed E-state index contributed by atoms with van der Waals surface area (Å²) in [6.07, 6.45) is 5.65. The Morgan fingerprint density at radius 3 is 2.78 bits per heavy atom. The van der Waals surface area contributed by atoms with Crippen LogP contribution in [0.15, 0.2) is 12.3 Å². The molecule has 0 saturated carbocycles. The lowest BCUT2D eigenvalue weighted by molar-refractivity contribution is 0.272. The summed E-state index contributed by atoms with van der Waals surface area (Å²) < 4.78 is 2.06. The van der Waals surface area contributed by atoms with Gasteiger partial charge >= 0.3 is 0 Å². The van der Waals surface area contributed by atoms with Crippen molar-refractivity contribution in [3.63, 3.8) is 0 Å². The van der Waals surface area contributed by atoms with Gasteiger partial charge in [0, 0.05) is 31.2 Å². The van der Waals surface area contributed by atoms with E-state index in [1.165, 1.54) is 12.8 Å². The van der Waals surface area contributed by atoms with Crippen LogP contribution in [-0.4, -0.2) is 33.6 Å². The fraction of sp³-hybridized carbons (Fsp3) is 0.786. The standard InChI is InChI=1S/C14H26ClN3/c1-4-6-9-17(11-8-15)12-14-7-10-18(16-14)13(3)5-2/h7,10,13H,4-6,8-9,11-12H2,1-3H3. The fourth-order valence-corrected chi connectivity index (χ4v) is 2.13. The summed E-state index contributed by atoms with van der Waals surface area (Å²) in [6, 6.07) is 2.61. The largest absolute Gasteiger partial charge is 0.296 e. The molecule has 0 spiro atoms. The molecule has 0 aromatic carbocycles. The summed E-state index contributed by atoms with van der Waals surface area (Å²) in [5.74, 6) is 0.690. The molecule has 4 heteroatoms. The molecule has 18 heavy (non-hydrogen) atoms. The third-order valence-electron chi connectivity index (χ3n) is 3.32. The maximum absolute atomic E-state index is 5.85. The van der Waals surface area contributed by atoms with Gasteiger partial charge in [0.25, 0.3) is 0 Å². The molecule has 104 valence electrons. The highest BCUT2D eigenvalue weighted by Gasteiger charge is 2.09. The number of halogens is 1. The van der Waals surface area contributed by atoms with Crippen molar-refractivity contribution in [1.29, 1.82) is 0 Å². The molecular formula is C14H26ClN3. The van der Waals surface area contributed by atoms with E-state index in [0.29, 0.717) is 11.9 Å². The third kappa shape index (κ3) is 4.99. The first-order valence-electron chi connectivity index (χ1n) is 7.03. The molecule has 0 bridgehead atoms. The van der Waals surface area contributed by atoms with E-state index in [2.05, 4.69) is 47.7 Å². The lowest BCUT2D eigenvalue weighted by atomic mass is 10.3. The topological polar surface area (TPSA) is 21.1 Å². The van der Waals surface area contributed by atoms with Gasteiger partial charge in [-0.15, -0.1) is 11.6 Å². The lowest BCUT2D eigenvalue weighted by Crippen LogP contribution is -2.26. The first-order chi connectivity index (χ1) is 8.71. The minimum absolute atomic E-state index is 0.482. The Labute approximate surface area is 116 Å². The lowest BCUT2D eigenvalue weighted by Gasteiger charge is -2.19. The highest BCUT2D eigenvalue weighted by Crippen LogP contribution is 2.11. The van der Waals surface area contributed by atoms with Gasteiger partial charge in [0.05, 0.1) is 5.69 Å². The number of nitrogens with zero attached hydrogens (tertiary/aromatic N) is 3. The van der Waals surface area contributed by atoms with Crippen LogP contribution in [0.5, 0.6) is 0 Å². The molecular weight excluding hydrogens is 246 g/mol. The Morgan fingerprint density at radius 1 is 1.39 bits per heavy atom. The Morgan fingerprint density at radius 2 is 2.17 bits per heavy atom. The van der Waals surface area contributed by atoms with Crippen LogP contribution in [0.1, 0.15) is 51.8 Å². The maximum Gasteiger partial charge on any atom is 0.0764 e. The highest BCUT2D eigenvalue weighted by atomic mass is 35.5.